The first-order valence-electron chi connectivity index (χ1n) is 2.47. The molecule has 0 aliphatic heterocycles. The van der Waals surface area contributed by atoms with Crippen molar-refractivity contribution < 1.29 is 9.59 Å². The molecule has 0 spiro atoms. The predicted molar refractivity (Wildman–Crippen MR) is 41.1 cm³/mol. The highest BCUT2D eigenvalue weighted by molar-refractivity contribution is 6.92. The summed E-state index contributed by atoms with van der Waals surface area (Å²) in [6, 6.07) is 0. The number of nitrogens with zero attached hydrogens (tertiary/aromatic N) is 1. The summed E-state index contributed by atoms with van der Waals surface area (Å²) in [7, 11) is 6.16. The second-order valence-corrected chi connectivity index (χ2v) is 2.74. The van der Waals surface area contributed by atoms with E-state index in [9.17, 15) is 0 Å². The summed E-state index contributed by atoms with van der Waals surface area (Å²) in [6.07, 6.45) is 0. The summed E-state index contributed by atoms with van der Waals surface area (Å²) >= 11 is 0. The zero-order valence-corrected chi connectivity index (χ0v) is 7.43. The van der Waals surface area contributed by atoms with Gasteiger partial charge in [-0.3, -0.25) is 0 Å². The van der Waals surface area contributed by atoms with E-state index in [1.54, 1.807) is 0 Å². The monoisotopic (exact) mass is 138 g/mol. The lowest BCUT2D eigenvalue weighted by Crippen LogP contribution is -2.36. The fraction of sp³-hybridized carbons (Fsp3) is 1.00. The smallest absolute Gasteiger partial charge is 0.101 e. The number of aliphatic hydroxyl groups excluding tert-OH is 1. The van der Waals surface area contributed by atoms with E-state index in [4.69, 9.17) is 5.11 Å². The topological polar surface area (TPSA) is 20.2 Å². The average Bonchev–Trinajstić information content (AvgIpc) is 1.30. The fourth-order valence-electron chi connectivity index (χ4n) is 0.300. The van der Waals surface area contributed by atoms with E-state index >= 15 is 0 Å². The molecular weight excluding hydrogens is 121 g/mol. The SMILES string of the molecule is C[N+](C)(C)CCO.P. The van der Waals surface area contributed by atoms with Gasteiger partial charge in [0.25, 0.3) is 0 Å². The number of rotatable bonds is 2. The maximum atomic E-state index is 8.39. The minimum Gasteiger partial charge on any atom is -0.391 e. The molecule has 0 fully saturated rings. The van der Waals surface area contributed by atoms with Gasteiger partial charge in [0, 0.05) is 0 Å². The zero-order valence-electron chi connectivity index (χ0n) is 6.02. The lowest BCUT2D eigenvalue weighted by atomic mass is 10.5. The highest BCUT2D eigenvalue weighted by atomic mass is 31.0. The van der Waals surface area contributed by atoms with E-state index in [1.165, 1.54) is 0 Å². The van der Waals surface area contributed by atoms with Gasteiger partial charge in [-0.2, -0.15) is 9.90 Å². The van der Waals surface area contributed by atoms with Crippen molar-refractivity contribution in [3.63, 3.8) is 0 Å². The van der Waals surface area contributed by atoms with Crippen LogP contribution in [0.1, 0.15) is 0 Å². The number of hydrogen-bond acceptors (Lipinski definition) is 1. The van der Waals surface area contributed by atoms with Crippen LogP contribution in [-0.4, -0.2) is 43.9 Å². The largest absolute Gasteiger partial charge is 0.391 e. The standard InChI is InChI=1S/C5H14NO.H3P/c1-6(2,3)4-5-7;/h7H,4-5H2,1-3H3;1H3/q+1;. The summed E-state index contributed by atoms with van der Waals surface area (Å²) in [4.78, 5) is 0. The molecule has 0 aliphatic carbocycles. The minimum atomic E-state index is 0. The van der Waals surface area contributed by atoms with Gasteiger partial charge in [-0.1, -0.05) is 0 Å². The number of hydrogen-bond donors (Lipinski definition) is 1. The molecule has 0 rings (SSSR count). The van der Waals surface area contributed by atoms with E-state index in [2.05, 4.69) is 21.1 Å². The molecule has 0 saturated carbocycles. The predicted octanol–water partition coefficient (Wildman–Crippen LogP) is -0.257. The molecule has 0 aliphatic rings. The molecule has 1 atom stereocenters. The zero-order chi connectivity index (χ0) is 5.91. The van der Waals surface area contributed by atoms with Crippen LogP contribution in [0.25, 0.3) is 0 Å². The summed E-state index contributed by atoms with van der Waals surface area (Å²) in [5.74, 6) is 0. The van der Waals surface area contributed by atoms with Crippen LogP contribution >= 0.6 is 9.90 Å². The van der Waals surface area contributed by atoms with Crippen LogP contribution in [0, 0.1) is 0 Å². The molecule has 0 bridgehead atoms. The molecule has 0 aromatic rings. The molecule has 1 N–H and O–H groups in total. The first kappa shape index (κ1) is 11.2. The Balaban J connectivity index is 0. The van der Waals surface area contributed by atoms with Crippen LogP contribution < -0.4 is 0 Å². The van der Waals surface area contributed by atoms with Gasteiger partial charge in [0.05, 0.1) is 27.7 Å². The van der Waals surface area contributed by atoms with E-state index in [0.29, 0.717) is 0 Å². The second-order valence-electron chi connectivity index (χ2n) is 2.74. The van der Waals surface area contributed by atoms with Crippen molar-refractivity contribution in [1.29, 1.82) is 0 Å². The van der Waals surface area contributed by atoms with Gasteiger partial charge >= 0.3 is 0 Å². The van der Waals surface area contributed by atoms with Crippen molar-refractivity contribution in [2.75, 3.05) is 34.3 Å². The van der Waals surface area contributed by atoms with E-state index in [0.717, 1.165) is 11.0 Å². The van der Waals surface area contributed by atoms with Crippen molar-refractivity contribution in [3.8, 4) is 0 Å². The minimum absolute atomic E-state index is 0. The van der Waals surface area contributed by atoms with E-state index in [1.807, 2.05) is 0 Å². The maximum Gasteiger partial charge on any atom is 0.101 e. The fourth-order valence-corrected chi connectivity index (χ4v) is 0.300. The third kappa shape index (κ3) is 9.61. The van der Waals surface area contributed by atoms with Crippen molar-refractivity contribution in [1.82, 2.24) is 0 Å². The molecule has 0 saturated heterocycles. The molecule has 1 unspecified atom stereocenters. The highest BCUT2D eigenvalue weighted by Gasteiger charge is 2.02. The summed E-state index contributed by atoms with van der Waals surface area (Å²) < 4.78 is 0.844. The number of aliphatic hydroxyl groups is 1. The first-order chi connectivity index (χ1) is 3.06. The summed E-state index contributed by atoms with van der Waals surface area (Å²) in [5.41, 5.74) is 0. The Morgan fingerprint density at radius 2 is 1.62 bits per heavy atom. The van der Waals surface area contributed by atoms with Crippen molar-refractivity contribution in [2.24, 2.45) is 0 Å². The van der Waals surface area contributed by atoms with Gasteiger partial charge in [0.2, 0.25) is 0 Å². The molecule has 0 amide bonds. The van der Waals surface area contributed by atoms with E-state index in [-0.39, 0.29) is 16.5 Å². The van der Waals surface area contributed by atoms with E-state index < -0.39 is 0 Å². The average molecular weight is 138 g/mol. The summed E-state index contributed by atoms with van der Waals surface area (Å²) in [6.45, 7) is 1.11. The van der Waals surface area contributed by atoms with Crippen LogP contribution in [0.15, 0.2) is 0 Å². The van der Waals surface area contributed by atoms with Gasteiger partial charge in [0.1, 0.15) is 6.54 Å². The summed E-state index contributed by atoms with van der Waals surface area (Å²) in [5, 5.41) is 8.39. The molecule has 0 aromatic heterocycles. The third-order valence-electron chi connectivity index (χ3n) is 0.771. The molecule has 0 heterocycles. The van der Waals surface area contributed by atoms with Gasteiger partial charge in [-0.25, -0.2) is 0 Å². The van der Waals surface area contributed by atoms with Crippen LogP contribution in [-0.2, 0) is 0 Å². The number of likely N-dealkylation sites (N-methyl/N-ethyl adjacent to an activating group) is 1. The highest BCUT2D eigenvalue weighted by Crippen LogP contribution is 1.84. The Labute approximate surface area is 54.7 Å². The lowest BCUT2D eigenvalue weighted by Gasteiger charge is -2.21. The van der Waals surface area contributed by atoms with Crippen molar-refractivity contribution in [3.05, 3.63) is 0 Å². The second kappa shape index (κ2) is 4.25. The molecule has 52 valence electrons. The Morgan fingerprint density at radius 3 is 1.62 bits per heavy atom. The van der Waals surface area contributed by atoms with Crippen LogP contribution in [0.4, 0.5) is 0 Å². The van der Waals surface area contributed by atoms with Gasteiger partial charge in [0.15, 0.2) is 0 Å². The van der Waals surface area contributed by atoms with Gasteiger partial charge in [-0.05, 0) is 0 Å². The molecule has 2 nitrogen and oxygen atoms in total. The number of quaternary nitrogens is 1. The Morgan fingerprint density at radius 1 is 1.25 bits per heavy atom. The van der Waals surface area contributed by atoms with Crippen LogP contribution in [0.2, 0.25) is 0 Å². The first-order valence-corrected chi connectivity index (χ1v) is 2.47. The normalized spacial score (nSPS) is 10.5. The molecule has 0 radical (unpaired) electrons. The molecular formula is C5H17NOP+. The molecule has 0 aromatic carbocycles. The maximum absolute atomic E-state index is 8.39. The molecule has 8 heavy (non-hydrogen) atoms. The quantitative estimate of drug-likeness (QED) is 0.412. The van der Waals surface area contributed by atoms with Crippen molar-refractivity contribution >= 4 is 9.90 Å². The Kier molecular flexibility index (Phi) is 5.94. The van der Waals surface area contributed by atoms with Crippen LogP contribution in [0.5, 0.6) is 0 Å². The Bertz CT molecular complexity index is 50.9. The van der Waals surface area contributed by atoms with Gasteiger partial charge in [-0.15, -0.1) is 0 Å². The lowest BCUT2D eigenvalue weighted by molar-refractivity contribution is -0.870. The van der Waals surface area contributed by atoms with Crippen LogP contribution in [0.3, 0.4) is 0 Å². The van der Waals surface area contributed by atoms with Gasteiger partial charge < -0.3 is 9.59 Å². The van der Waals surface area contributed by atoms with Crippen molar-refractivity contribution in [2.45, 2.75) is 0 Å². The third-order valence-corrected chi connectivity index (χ3v) is 0.771. The Hall–Kier alpha value is 0.350. The molecule has 3 heteroatoms.